The van der Waals surface area contributed by atoms with E-state index in [2.05, 4.69) is 38.6 Å². The summed E-state index contributed by atoms with van der Waals surface area (Å²) in [7, 11) is 0. The van der Waals surface area contributed by atoms with Crippen LogP contribution in [0.1, 0.15) is 31.9 Å². The first-order valence-corrected chi connectivity index (χ1v) is 5.85. The molecule has 1 nitrogen and oxygen atoms in total. The molecule has 0 aliphatic rings. The minimum Gasteiger partial charge on any atom is -0.238 e. The van der Waals surface area contributed by atoms with Crippen LogP contribution in [0.4, 0.5) is 5.69 Å². The second kappa shape index (κ2) is 3.89. The highest BCUT2D eigenvalue weighted by Crippen LogP contribution is 2.36. The molecule has 0 amide bonds. The zero-order valence-corrected chi connectivity index (χ0v) is 10.8. The van der Waals surface area contributed by atoms with E-state index in [0.717, 1.165) is 11.1 Å². The van der Waals surface area contributed by atoms with Crippen LogP contribution in [0.5, 0.6) is 0 Å². The minimum absolute atomic E-state index is 0.0769. The smallest absolute Gasteiger partial charge is 0.195 e. The molecular formula is C16H17N. The SMILES string of the molecule is [C-]#[N+]c1cc(C(C)(C)C)c(C)c2ccccc12. The highest BCUT2D eigenvalue weighted by atomic mass is 14.6. The summed E-state index contributed by atoms with van der Waals surface area (Å²) in [6.45, 7) is 16.0. The Bertz CT molecular complexity index is 610. The predicted molar refractivity (Wildman–Crippen MR) is 73.6 cm³/mol. The van der Waals surface area contributed by atoms with Gasteiger partial charge in [-0.05, 0) is 34.2 Å². The zero-order valence-electron chi connectivity index (χ0n) is 10.8. The summed E-state index contributed by atoms with van der Waals surface area (Å²) in [5, 5.41) is 2.26. The van der Waals surface area contributed by atoms with Gasteiger partial charge in [0.25, 0.3) is 0 Å². The first-order chi connectivity index (χ1) is 7.95. The van der Waals surface area contributed by atoms with E-state index in [0.29, 0.717) is 0 Å². The topological polar surface area (TPSA) is 4.36 Å². The molecule has 0 saturated heterocycles. The number of benzene rings is 2. The Kier molecular flexibility index (Phi) is 2.67. The van der Waals surface area contributed by atoms with Crippen LogP contribution in [0.25, 0.3) is 15.6 Å². The highest BCUT2D eigenvalue weighted by Gasteiger charge is 2.19. The van der Waals surface area contributed by atoms with Crippen molar-refractivity contribution in [3.63, 3.8) is 0 Å². The molecule has 2 aromatic carbocycles. The van der Waals surface area contributed by atoms with E-state index < -0.39 is 0 Å². The van der Waals surface area contributed by atoms with E-state index in [-0.39, 0.29) is 5.41 Å². The quantitative estimate of drug-likeness (QED) is 0.554. The van der Waals surface area contributed by atoms with E-state index in [1.54, 1.807) is 0 Å². The van der Waals surface area contributed by atoms with Gasteiger partial charge in [-0.25, -0.2) is 4.85 Å². The average Bonchev–Trinajstić information content (AvgIpc) is 2.28. The Morgan fingerprint density at radius 1 is 1.06 bits per heavy atom. The van der Waals surface area contributed by atoms with Crippen LogP contribution in [0, 0.1) is 13.5 Å². The number of nitrogens with zero attached hydrogens (tertiary/aromatic N) is 1. The van der Waals surface area contributed by atoms with Gasteiger partial charge in [0.2, 0.25) is 0 Å². The van der Waals surface area contributed by atoms with Crippen LogP contribution < -0.4 is 0 Å². The molecule has 0 saturated carbocycles. The second-order valence-corrected chi connectivity index (χ2v) is 5.48. The Morgan fingerprint density at radius 2 is 1.65 bits per heavy atom. The monoisotopic (exact) mass is 223 g/mol. The molecular weight excluding hydrogens is 206 g/mol. The maximum absolute atomic E-state index is 7.32. The third-order valence-corrected chi connectivity index (χ3v) is 3.22. The van der Waals surface area contributed by atoms with E-state index >= 15 is 0 Å². The van der Waals surface area contributed by atoms with Crippen molar-refractivity contribution in [2.75, 3.05) is 0 Å². The standard InChI is InChI=1S/C16H17N/c1-11-12-8-6-7-9-13(12)15(17-5)10-14(11)16(2,3)4/h6-10H,1-4H3. The lowest BCUT2D eigenvalue weighted by atomic mass is 9.82. The molecule has 0 heterocycles. The number of aryl methyl sites for hydroxylation is 1. The lowest BCUT2D eigenvalue weighted by Gasteiger charge is -2.23. The summed E-state index contributed by atoms with van der Waals surface area (Å²) < 4.78 is 0. The Hall–Kier alpha value is -1.81. The molecule has 0 spiro atoms. The molecule has 0 aliphatic carbocycles. The molecule has 2 aromatic rings. The molecule has 0 unspecified atom stereocenters. The van der Waals surface area contributed by atoms with E-state index in [1.165, 1.54) is 16.5 Å². The second-order valence-electron chi connectivity index (χ2n) is 5.48. The normalized spacial score (nSPS) is 11.5. The molecule has 0 aliphatic heterocycles. The van der Waals surface area contributed by atoms with Crippen molar-refractivity contribution in [2.24, 2.45) is 0 Å². The van der Waals surface area contributed by atoms with Crippen molar-refractivity contribution in [3.8, 4) is 0 Å². The molecule has 0 atom stereocenters. The third-order valence-electron chi connectivity index (χ3n) is 3.22. The largest absolute Gasteiger partial charge is 0.238 e. The van der Waals surface area contributed by atoms with E-state index in [4.69, 9.17) is 6.57 Å². The number of rotatable bonds is 0. The maximum Gasteiger partial charge on any atom is 0.195 e. The summed E-state index contributed by atoms with van der Waals surface area (Å²) in [6.07, 6.45) is 0. The van der Waals surface area contributed by atoms with Crippen molar-refractivity contribution in [3.05, 3.63) is 52.9 Å². The van der Waals surface area contributed by atoms with Gasteiger partial charge in [-0.15, -0.1) is 0 Å². The van der Waals surface area contributed by atoms with Gasteiger partial charge < -0.3 is 0 Å². The van der Waals surface area contributed by atoms with Crippen LogP contribution in [0.2, 0.25) is 0 Å². The molecule has 0 radical (unpaired) electrons. The number of hydrogen-bond acceptors (Lipinski definition) is 0. The van der Waals surface area contributed by atoms with Crippen LogP contribution >= 0.6 is 0 Å². The molecule has 0 aromatic heterocycles. The number of fused-ring (bicyclic) bond motifs is 1. The van der Waals surface area contributed by atoms with Gasteiger partial charge in [0, 0.05) is 0 Å². The highest BCUT2D eigenvalue weighted by molar-refractivity contribution is 5.97. The maximum atomic E-state index is 7.32. The van der Waals surface area contributed by atoms with Crippen LogP contribution in [-0.4, -0.2) is 0 Å². The average molecular weight is 223 g/mol. The zero-order chi connectivity index (χ0) is 12.6. The molecule has 17 heavy (non-hydrogen) atoms. The van der Waals surface area contributed by atoms with Crippen molar-refractivity contribution < 1.29 is 0 Å². The summed E-state index contributed by atoms with van der Waals surface area (Å²) in [4.78, 5) is 3.66. The Balaban J connectivity index is 2.92. The van der Waals surface area contributed by atoms with Gasteiger partial charge in [-0.1, -0.05) is 51.1 Å². The summed E-state index contributed by atoms with van der Waals surface area (Å²) in [5.74, 6) is 0. The lowest BCUT2D eigenvalue weighted by molar-refractivity contribution is 0.587. The molecule has 1 heteroatoms. The lowest BCUT2D eigenvalue weighted by Crippen LogP contribution is -2.13. The molecule has 86 valence electrons. The first kappa shape index (κ1) is 11.7. The van der Waals surface area contributed by atoms with Crippen molar-refractivity contribution in [2.45, 2.75) is 33.1 Å². The summed E-state index contributed by atoms with van der Waals surface area (Å²) in [6, 6.07) is 10.2. The minimum atomic E-state index is 0.0769. The molecule has 0 N–H and O–H groups in total. The Morgan fingerprint density at radius 3 is 2.18 bits per heavy atom. The van der Waals surface area contributed by atoms with Gasteiger partial charge in [0.05, 0.1) is 6.57 Å². The summed E-state index contributed by atoms with van der Waals surface area (Å²) >= 11 is 0. The summed E-state index contributed by atoms with van der Waals surface area (Å²) in [5.41, 5.74) is 3.40. The van der Waals surface area contributed by atoms with Crippen molar-refractivity contribution in [1.82, 2.24) is 0 Å². The van der Waals surface area contributed by atoms with Crippen LogP contribution in [-0.2, 0) is 5.41 Å². The molecule has 0 fully saturated rings. The fourth-order valence-corrected chi connectivity index (χ4v) is 2.37. The van der Waals surface area contributed by atoms with Gasteiger partial charge in [-0.3, -0.25) is 0 Å². The van der Waals surface area contributed by atoms with E-state index in [9.17, 15) is 0 Å². The van der Waals surface area contributed by atoms with Crippen molar-refractivity contribution >= 4 is 16.5 Å². The van der Waals surface area contributed by atoms with Crippen LogP contribution in [0.15, 0.2) is 30.3 Å². The fraction of sp³-hybridized carbons (Fsp3) is 0.312. The van der Waals surface area contributed by atoms with Crippen LogP contribution in [0.3, 0.4) is 0 Å². The van der Waals surface area contributed by atoms with Gasteiger partial charge >= 0.3 is 0 Å². The van der Waals surface area contributed by atoms with Crippen molar-refractivity contribution in [1.29, 1.82) is 0 Å². The Labute approximate surface area is 103 Å². The molecule has 0 bridgehead atoms. The first-order valence-electron chi connectivity index (χ1n) is 5.85. The van der Waals surface area contributed by atoms with Gasteiger partial charge in [-0.2, -0.15) is 0 Å². The van der Waals surface area contributed by atoms with Gasteiger partial charge in [0.15, 0.2) is 5.69 Å². The third kappa shape index (κ3) is 1.91. The van der Waals surface area contributed by atoms with E-state index in [1.807, 2.05) is 24.3 Å². The molecule has 2 rings (SSSR count). The predicted octanol–water partition coefficient (Wildman–Crippen LogP) is 5.00. The fourth-order valence-electron chi connectivity index (χ4n) is 2.37. The van der Waals surface area contributed by atoms with Gasteiger partial charge in [0.1, 0.15) is 0 Å². The number of hydrogen-bond donors (Lipinski definition) is 0.